The summed E-state index contributed by atoms with van der Waals surface area (Å²) in [6, 6.07) is 1.99. The molecular weight excluding hydrogens is 412 g/mol. The summed E-state index contributed by atoms with van der Waals surface area (Å²) in [7, 11) is 0. The van der Waals surface area contributed by atoms with Gasteiger partial charge in [0, 0.05) is 30.4 Å². The Labute approximate surface area is 178 Å². The third kappa shape index (κ3) is 3.63. The van der Waals surface area contributed by atoms with Gasteiger partial charge in [0.1, 0.15) is 17.7 Å². The number of nitrogens with zero attached hydrogens (tertiary/aromatic N) is 2. The summed E-state index contributed by atoms with van der Waals surface area (Å²) < 4.78 is 39.8. The van der Waals surface area contributed by atoms with Crippen LogP contribution in [0.3, 0.4) is 0 Å². The van der Waals surface area contributed by atoms with Crippen LogP contribution >= 0.6 is 11.6 Å². The van der Waals surface area contributed by atoms with E-state index in [1.54, 1.807) is 19.4 Å². The molecule has 2 N–H and O–H groups in total. The molecule has 30 heavy (non-hydrogen) atoms. The van der Waals surface area contributed by atoms with E-state index in [0.29, 0.717) is 5.58 Å². The first-order valence-electron chi connectivity index (χ1n) is 9.78. The van der Waals surface area contributed by atoms with E-state index in [2.05, 4.69) is 22.9 Å². The van der Waals surface area contributed by atoms with E-state index in [9.17, 15) is 8.78 Å². The number of aromatic nitrogens is 1. The fourth-order valence-corrected chi connectivity index (χ4v) is 4.04. The maximum atomic E-state index is 14.3. The van der Waals surface area contributed by atoms with E-state index < -0.39 is 17.7 Å². The molecule has 0 saturated carbocycles. The molecule has 3 aromatic rings. The minimum Gasteiger partial charge on any atom is -0.478 e. The number of halogens is 3. The SMILES string of the molecule is CCN1CC=C(c2coc3c(O[C@H](C)c4c(F)ccc(F)c4Cl)c(N)ncc23)CC1. The zero-order valence-corrected chi connectivity index (χ0v) is 17.5. The molecule has 1 aliphatic heterocycles. The van der Waals surface area contributed by atoms with Gasteiger partial charge in [-0.3, -0.25) is 4.90 Å². The van der Waals surface area contributed by atoms with E-state index in [4.69, 9.17) is 26.5 Å². The van der Waals surface area contributed by atoms with Crippen molar-refractivity contribution in [3.8, 4) is 5.75 Å². The topological polar surface area (TPSA) is 64.5 Å². The summed E-state index contributed by atoms with van der Waals surface area (Å²) in [5.74, 6) is -1.12. The number of rotatable bonds is 5. The van der Waals surface area contributed by atoms with Crippen molar-refractivity contribution in [1.82, 2.24) is 9.88 Å². The van der Waals surface area contributed by atoms with Gasteiger partial charge in [0.2, 0.25) is 5.75 Å². The molecule has 0 amide bonds. The molecule has 158 valence electrons. The molecule has 1 atom stereocenters. The third-order valence-electron chi connectivity index (χ3n) is 5.47. The Morgan fingerprint density at radius 2 is 2.10 bits per heavy atom. The molecule has 0 bridgehead atoms. The minimum atomic E-state index is -0.913. The van der Waals surface area contributed by atoms with Gasteiger partial charge < -0.3 is 14.9 Å². The smallest absolute Gasteiger partial charge is 0.205 e. The van der Waals surface area contributed by atoms with Gasteiger partial charge in [-0.15, -0.1) is 0 Å². The molecule has 5 nitrogen and oxygen atoms in total. The maximum Gasteiger partial charge on any atom is 0.205 e. The number of hydrogen-bond acceptors (Lipinski definition) is 5. The second-order valence-corrected chi connectivity index (χ2v) is 7.63. The highest BCUT2D eigenvalue weighted by Crippen LogP contribution is 2.40. The zero-order valence-electron chi connectivity index (χ0n) is 16.7. The molecule has 1 aliphatic rings. The number of ether oxygens (including phenoxy) is 1. The Morgan fingerprint density at radius 3 is 2.80 bits per heavy atom. The van der Waals surface area contributed by atoms with Crippen LogP contribution in [0.4, 0.5) is 14.6 Å². The summed E-state index contributed by atoms with van der Waals surface area (Å²) in [5.41, 5.74) is 8.45. The van der Waals surface area contributed by atoms with Crippen LogP contribution < -0.4 is 10.5 Å². The molecule has 2 aromatic heterocycles. The highest BCUT2D eigenvalue weighted by atomic mass is 35.5. The molecule has 8 heteroatoms. The van der Waals surface area contributed by atoms with Crippen LogP contribution in [0.2, 0.25) is 5.02 Å². The van der Waals surface area contributed by atoms with Crippen molar-refractivity contribution in [2.75, 3.05) is 25.4 Å². The summed E-state index contributed by atoms with van der Waals surface area (Å²) in [4.78, 5) is 6.57. The van der Waals surface area contributed by atoms with Gasteiger partial charge >= 0.3 is 0 Å². The molecule has 0 aliphatic carbocycles. The second-order valence-electron chi connectivity index (χ2n) is 7.25. The molecule has 0 spiro atoms. The van der Waals surface area contributed by atoms with E-state index in [1.807, 2.05) is 0 Å². The quantitative estimate of drug-likeness (QED) is 0.531. The van der Waals surface area contributed by atoms with E-state index in [0.717, 1.165) is 49.1 Å². The molecular formula is C22H22ClF2N3O2. The average Bonchev–Trinajstić information content (AvgIpc) is 3.17. The number of hydrogen-bond donors (Lipinski definition) is 1. The maximum absolute atomic E-state index is 14.3. The first-order valence-corrected chi connectivity index (χ1v) is 10.2. The number of pyridine rings is 1. The van der Waals surface area contributed by atoms with Crippen LogP contribution in [0.15, 0.2) is 35.1 Å². The van der Waals surface area contributed by atoms with Gasteiger partial charge in [-0.25, -0.2) is 13.8 Å². The van der Waals surface area contributed by atoms with Crippen LogP contribution in [-0.4, -0.2) is 29.5 Å². The highest BCUT2D eigenvalue weighted by molar-refractivity contribution is 6.31. The standard InChI is InChI=1S/C22H22ClF2N3O2/c1-3-28-8-6-13(7-9-28)15-11-29-20-14(15)10-27-22(26)21(20)30-12(2)18-16(24)4-5-17(25)19(18)23/h4-6,10-12H,3,7-9H2,1-2H3,(H2,26,27)/t12-/m1/s1. The molecule has 0 unspecified atom stereocenters. The Kier molecular flexibility index (Phi) is 5.66. The minimum absolute atomic E-state index is 0.0884. The number of anilines is 1. The summed E-state index contributed by atoms with van der Waals surface area (Å²) >= 11 is 5.97. The van der Waals surface area contributed by atoms with Crippen LogP contribution in [-0.2, 0) is 0 Å². The van der Waals surface area contributed by atoms with Crippen molar-refractivity contribution in [3.63, 3.8) is 0 Å². The van der Waals surface area contributed by atoms with E-state index in [1.165, 1.54) is 5.57 Å². The fraction of sp³-hybridized carbons (Fsp3) is 0.318. The number of fused-ring (bicyclic) bond motifs is 1. The summed E-state index contributed by atoms with van der Waals surface area (Å²) in [6.45, 7) is 6.54. The number of nitrogens with two attached hydrogens (primary N) is 1. The number of nitrogen functional groups attached to an aromatic ring is 1. The fourth-order valence-electron chi connectivity index (χ4n) is 3.74. The third-order valence-corrected chi connectivity index (χ3v) is 5.85. The van der Waals surface area contributed by atoms with Gasteiger partial charge in [0.05, 0.1) is 16.7 Å². The Hall–Kier alpha value is -2.64. The van der Waals surface area contributed by atoms with Gasteiger partial charge in [-0.1, -0.05) is 24.6 Å². The monoisotopic (exact) mass is 433 g/mol. The van der Waals surface area contributed by atoms with Crippen molar-refractivity contribution in [2.45, 2.75) is 26.4 Å². The van der Waals surface area contributed by atoms with Crippen LogP contribution in [0.25, 0.3) is 16.5 Å². The molecule has 1 aromatic carbocycles. The second kappa shape index (κ2) is 8.24. The highest BCUT2D eigenvalue weighted by Gasteiger charge is 2.24. The lowest BCUT2D eigenvalue weighted by Gasteiger charge is -2.24. The Morgan fingerprint density at radius 1 is 1.33 bits per heavy atom. The molecule has 3 heterocycles. The number of likely N-dealkylation sites (N-methyl/N-ethyl adjacent to an activating group) is 1. The molecule has 4 rings (SSSR count). The van der Waals surface area contributed by atoms with Gasteiger partial charge in [-0.2, -0.15) is 0 Å². The normalized spacial score (nSPS) is 16.0. The van der Waals surface area contributed by atoms with Crippen molar-refractivity contribution in [2.24, 2.45) is 0 Å². The van der Waals surface area contributed by atoms with Gasteiger partial charge in [-0.05, 0) is 37.6 Å². The van der Waals surface area contributed by atoms with Crippen LogP contribution in [0, 0.1) is 11.6 Å². The Bertz CT molecular complexity index is 1130. The predicted molar refractivity (Wildman–Crippen MR) is 114 cm³/mol. The number of benzene rings is 1. The largest absolute Gasteiger partial charge is 0.478 e. The van der Waals surface area contributed by atoms with Crippen LogP contribution in [0.1, 0.15) is 37.5 Å². The van der Waals surface area contributed by atoms with Crippen molar-refractivity contribution in [1.29, 1.82) is 0 Å². The summed E-state index contributed by atoms with van der Waals surface area (Å²) in [5, 5.41) is 0.433. The molecule has 0 fully saturated rings. The lowest BCUT2D eigenvalue weighted by molar-refractivity contribution is 0.221. The molecule has 0 radical (unpaired) electrons. The van der Waals surface area contributed by atoms with E-state index >= 15 is 0 Å². The first-order chi connectivity index (χ1) is 14.4. The Balaban J connectivity index is 1.71. The predicted octanol–water partition coefficient (Wildman–Crippen LogP) is 5.59. The lowest BCUT2D eigenvalue weighted by Crippen LogP contribution is -2.27. The lowest BCUT2D eigenvalue weighted by atomic mass is 9.99. The van der Waals surface area contributed by atoms with Crippen LogP contribution in [0.5, 0.6) is 5.75 Å². The van der Waals surface area contributed by atoms with E-state index in [-0.39, 0.29) is 22.2 Å². The summed E-state index contributed by atoms with van der Waals surface area (Å²) in [6.07, 6.45) is 5.46. The number of furan rings is 1. The zero-order chi connectivity index (χ0) is 21.4. The first kappa shape index (κ1) is 20.6. The van der Waals surface area contributed by atoms with Gasteiger partial charge in [0.15, 0.2) is 11.4 Å². The van der Waals surface area contributed by atoms with Gasteiger partial charge in [0.25, 0.3) is 0 Å². The van der Waals surface area contributed by atoms with Crippen molar-refractivity contribution >= 4 is 34.0 Å². The van der Waals surface area contributed by atoms with Crippen molar-refractivity contribution < 1.29 is 17.9 Å². The molecule has 0 saturated heterocycles. The van der Waals surface area contributed by atoms with Crippen molar-refractivity contribution in [3.05, 3.63) is 58.5 Å². The average molecular weight is 434 g/mol.